The maximum Gasteiger partial charge on any atom is 0.411 e. The van der Waals surface area contributed by atoms with Crippen LogP contribution in [0.5, 0.6) is 5.75 Å². The van der Waals surface area contributed by atoms with Crippen LogP contribution in [0.25, 0.3) is 0 Å². The lowest BCUT2D eigenvalue weighted by Crippen LogP contribution is -2.62. The number of benzene rings is 1. The average molecular weight is 1100 g/mol. The number of carbonyl (C=O) groups is 9. The molecule has 4 heterocycles. The van der Waals surface area contributed by atoms with Gasteiger partial charge < -0.3 is 54.7 Å². The van der Waals surface area contributed by atoms with E-state index in [1.54, 1.807) is 65.8 Å². The van der Waals surface area contributed by atoms with Crippen LogP contribution in [0.15, 0.2) is 24.3 Å². The summed E-state index contributed by atoms with van der Waals surface area (Å²) in [4.78, 5) is 136. The highest BCUT2D eigenvalue weighted by molar-refractivity contribution is 5.98. The molecule has 4 aliphatic heterocycles. The van der Waals surface area contributed by atoms with E-state index in [0.29, 0.717) is 37.0 Å². The number of aliphatic hydroxyl groups is 1. The van der Waals surface area contributed by atoms with Gasteiger partial charge in [0.15, 0.2) is 6.10 Å². The van der Waals surface area contributed by atoms with Crippen molar-refractivity contribution in [2.24, 2.45) is 23.7 Å². The molecule has 1 aromatic rings. The van der Waals surface area contributed by atoms with Crippen molar-refractivity contribution in [3.05, 3.63) is 29.8 Å². The first kappa shape index (κ1) is 62.8. The molecule has 11 atom stereocenters. The van der Waals surface area contributed by atoms with Crippen molar-refractivity contribution in [2.45, 2.75) is 213 Å². The molecule has 0 bridgehead atoms. The minimum absolute atomic E-state index is 0.0871. The number of nitrogens with one attached hydrogen (secondary N) is 3. The number of likely N-dealkylation sites (tertiary alicyclic amines) is 2. The lowest BCUT2D eigenvalue weighted by molar-refractivity contribution is -0.162. The highest BCUT2D eigenvalue weighted by Gasteiger charge is 2.58. The van der Waals surface area contributed by atoms with Crippen molar-refractivity contribution in [3.8, 4) is 5.75 Å². The molecular weight excluding hydrogens is 1010 g/mol. The minimum Gasteiger partial charge on any atom is -0.497 e. The van der Waals surface area contributed by atoms with E-state index in [1.165, 1.54) is 40.7 Å². The van der Waals surface area contributed by atoms with Crippen LogP contribution in [0.4, 0.5) is 4.79 Å². The molecule has 21 nitrogen and oxygen atoms in total. The van der Waals surface area contributed by atoms with Gasteiger partial charge in [-0.25, -0.2) is 9.59 Å². The van der Waals surface area contributed by atoms with Crippen LogP contribution in [-0.4, -0.2) is 178 Å². The van der Waals surface area contributed by atoms with E-state index in [-0.39, 0.29) is 63.6 Å². The fourth-order valence-electron chi connectivity index (χ4n) is 11.1. The molecule has 5 rings (SSSR count). The highest BCUT2D eigenvalue weighted by atomic mass is 16.6. The second-order valence-electron chi connectivity index (χ2n) is 24.0. The third-order valence-corrected chi connectivity index (χ3v) is 15.5. The maximum atomic E-state index is 15.1. The van der Waals surface area contributed by atoms with Crippen molar-refractivity contribution in [1.82, 2.24) is 35.6 Å². The summed E-state index contributed by atoms with van der Waals surface area (Å²) >= 11 is 0. The van der Waals surface area contributed by atoms with Gasteiger partial charge in [-0.1, -0.05) is 73.9 Å². The van der Waals surface area contributed by atoms with E-state index in [0.717, 1.165) is 0 Å². The van der Waals surface area contributed by atoms with Gasteiger partial charge >= 0.3 is 18.0 Å². The zero-order valence-electron chi connectivity index (χ0n) is 48.6. The number of esters is 2. The van der Waals surface area contributed by atoms with Crippen LogP contribution in [0.2, 0.25) is 0 Å². The Balaban J connectivity index is 1.60. The third kappa shape index (κ3) is 15.2. The Hall–Kier alpha value is -5.99. The normalized spacial score (nSPS) is 28.3. The van der Waals surface area contributed by atoms with Crippen LogP contribution in [0.1, 0.15) is 146 Å². The van der Waals surface area contributed by atoms with Crippen molar-refractivity contribution in [2.75, 3.05) is 33.8 Å². The molecule has 0 aliphatic carbocycles. The molecule has 1 aromatic carbocycles. The van der Waals surface area contributed by atoms with Crippen LogP contribution < -0.4 is 20.7 Å². The van der Waals surface area contributed by atoms with Crippen molar-refractivity contribution in [1.29, 1.82) is 0 Å². The van der Waals surface area contributed by atoms with E-state index in [9.17, 15) is 38.7 Å². The predicted molar refractivity (Wildman–Crippen MR) is 288 cm³/mol. The van der Waals surface area contributed by atoms with Gasteiger partial charge in [-0.3, -0.25) is 38.5 Å². The van der Waals surface area contributed by atoms with Gasteiger partial charge in [0.2, 0.25) is 29.5 Å². The van der Waals surface area contributed by atoms with E-state index in [1.807, 2.05) is 34.6 Å². The Morgan fingerprint density at radius 2 is 1.54 bits per heavy atom. The number of nitrogens with zero attached hydrogens (tertiary/aromatic N) is 4. The van der Waals surface area contributed by atoms with Gasteiger partial charge in [-0.15, -0.1) is 0 Å². The van der Waals surface area contributed by atoms with Gasteiger partial charge in [0.25, 0.3) is 5.91 Å². The van der Waals surface area contributed by atoms with Crippen LogP contribution >= 0.6 is 0 Å². The van der Waals surface area contributed by atoms with Crippen LogP contribution in [0.3, 0.4) is 0 Å². The first-order chi connectivity index (χ1) is 36.5. The number of hydrogen-bond donors (Lipinski definition) is 4. The zero-order valence-corrected chi connectivity index (χ0v) is 48.6. The lowest BCUT2D eigenvalue weighted by Gasteiger charge is -2.37. The standard InChI is InChI=1S/C57H89N7O14/c1-15-35(8)45-43(65)31-44(66)77-47(34(6)7)50(69)58-39(28-32(2)3)51(70)62-25-16-18-40(62)52(71)61(13)42(30-37-19-21-38(75-14)22-20-37)53(72)76-36(9)46(49(68)59-45)60-48(67)41(29-33(4)5)63-27-24-57(54(63)73)23-17-26-64(57)55(74)78-56(10,11)12/h19-22,32-36,39-43,45-47,65H,15-18,23-31H2,1-14H3,(H,58,69)(H,59,68)(H,60,67)/t35-,36+,39-,40-,41?,42-,43-,45+,46-,47-,57?/m0/s1. The molecule has 0 aromatic heterocycles. The first-order valence-corrected chi connectivity index (χ1v) is 28.0. The molecule has 4 saturated heterocycles. The number of methoxy groups -OCH3 is 1. The monoisotopic (exact) mass is 1100 g/mol. The number of ether oxygens (including phenoxy) is 4. The van der Waals surface area contributed by atoms with E-state index >= 15 is 9.59 Å². The molecule has 4 aliphatic rings. The molecule has 4 N–H and O–H groups in total. The molecule has 4 fully saturated rings. The van der Waals surface area contributed by atoms with Crippen molar-refractivity contribution < 1.29 is 67.2 Å². The summed E-state index contributed by atoms with van der Waals surface area (Å²) in [5, 5.41) is 20.3. The number of cyclic esters (lactones) is 2. The second-order valence-corrected chi connectivity index (χ2v) is 24.0. The Morgan fingerprint density at radius 1 is 0.872 bits per heavy atom. The summed E-state index contributed by atoms with van der Waals surface area (Å²) in [6, 6.07) is -0.716. The van der Waals surface area contributed by atoms with Gasteiger partial charge in [0, 0.05) is 33.1 Å². The summed E-state index contributed by atoms with van der Waals surface area (Å²) in [6.07, 6.45) is -3.34. The topological polar surface area (TPSA) is 260 Å². The molecular formula is C57H89N7O14. The zero-order chi connectivity index (χ0) is 58.1. The number of fused-ring (bicyclic) bond motifs is 1. The Kier molecular flexibility index (Phi) is 21.6. The average Bonchev–Trinajstić information content (AvgIpc) is 4.22. The van der Waals surface area contributed by atoms with E-state index in [4.69, 9.17) is 18.9 Å². The Labute approximate surface area is 460 Å². The Bertz CT molecular complexity index is 2320. The second kappa shape index (κ2) is 26.8. The molecule has 436 valence electrons. The predicted octanol–water partition coefficient (Wildman–Crippen LogP) is 4.28. The smallest absolute Gasteiger partial charge is 0.411 e. The summed E-state index contributed by atoms with van der Waals surface area (Å²) in [5.74, 6) is -6.66. The molecule has 21 heteroatoms. The largest absolute Gasteiger partial charge is 0.497 e. The summed E-state index contributed by atoms with van der Waals surface area (Å²) in [5.41, 5.74) is -1.48. The number of amides is 7. The number of carbonyl (C=O) groups excluding carboxylic acids is 9. The molecule has 2 unspecified atom stereocenters. The molecule has 0 radical (unpaired) electrons. The number of hydrogen-bond acceptors (Lipinski definition) is 14. The number of likely N-dealkylation sites (N-methyl/N-ethyl adjacent to an activating group) is 1. The fourth-order valence-corrected chi connectivity index (χ4v) is 11.1. The van der Waals surface area contributed by atoms with Gasteiger partial charge in [-0.2, -0.15) is 0 Å². The molecule has 78 heavy (non-hydrogen) atoms. The van der Waals surface area contributed by atoms with Crippen molar-refractivity contribution >= 4 is 53.5 Å². The van der Waals surface area contributed by atoms with Crippen LogP contribution in [-0.2, 0) is 59.0 Å². The molecule has 7 amide bonds. The van der Waals surface area contributed by atoms with Gasteiger partial charge in [0.05, 0.1) is 25.7 Å². The Morgan fingerprint density at radius 3 is 2.13 bits per heavy atom. The summed E-state index contributed by atoms with van der Waals surface area (Å²) in [6.45, 7) is 21.6. The number of aliphatic hydroxyl groups excluding tert-OH is 1. The van der Waals surface area contributed by atoms with Gasteiger partial charge in [-0.05, 0) is 114 Å². The lowest BCUT2D eigenvalue weighted by atomic mass is 9.92. The minimum atomic E-state index is -1.70. The number of rotatable bonds is 13. The quantitative estimate of drug-likeness (QED) is 0.159. The van der Waals surface area contributed by atoms with Crippen LogP contribution in [0, 0.1) is 23.7 Å². The molecule has 0 saturated carbocycles. The third-order valence-electron chi connectivity index (χ3n) is 15.5. The summed E-state index contributed by atoms with van der Waals surface area (Å²) < 4.78 is 23.1. The fraction of sp³-hybridized carbons (Fsp3) is 0.737. The van der Waals surface area contributed by atoms with E-state index < -0.39 is 137 Å². The maximum absolute atomic E-state index is 15.1. The van der Waals surface area contributed by atoms with Gasteiger partial charge in [0.1, 0.15) is 53.2 Å². The summed E-state index contributed by atoms with van der Waals surface area (Å²) in [7, 11) is 2.94. The van der Waals surface area contributed by atoms with Crippen molar-refractivity contribution in [3.63, 3.8) is 0 Å². The highest BCUT2D eigenvalue weighted by Crippen LogP contribution is 2.41. The SMILES string of the molecule is CC[C@H](C)[C@H]1NC(=O)[C@@H](NC(=O)C(CC(C)C)N2CCC3(CCCN3C(=O)OC(C)(C)C)C2=O)[C@@H](C)OC(=O)[C@H](Cc2ccc(OC)cc2)N(C)C(=O)[C@@H]2CCCN2C(=O)[C@H](CC(C)C)NC(=O)[C@H](C(C)C)OC(=O)C[C@@H]1O. The van der Waals surface area contributed by atoms with E-state index in [2.05, 4.69) is 16.0 Å². The molecule has 1 spiro atoms. The first-order valence-electron chi connectivity index (χ1n) is 28.0.